The molecular weight excluding hydrogens is 214 g/mol. The Kier molecular flexibility index (Phi) is 5.06. The number of nitrogens with zero attached hydrogens (tertiary/aromatic N) is 2. The third kappa shape index (κ3) is 3.85. The molecule has 1 aromatic rings. The molecule has 5 nitrogen and oxygen atoms in total. The van der Waals surface area contributed by atoms with Crippen molar-refractivity contribution in [2.75, 3.05) is 25.0 Å². The van der Waals surface area contributed by atoms with Crippen LogP contribution in [0.3, 0.4) is 0 Å². The molecule has 0 bridgehead atoms. The van der Waals surface area contributed by atoms with Gasteiger partial charge in [0.15, 0.2) is 5.13 Å². The summed E-state index contributed by atoms with van der Waals surface area (Å²) in [4.78, 5) is 17.2. The van der Waals surface area contributed by atoms with Crippen LogP contribution < -0.4 is 5.32 Å². The molecule has 0 radical (unpaired) electrons. The van der Waals surface area contributed by atoms with Gasteiger partial charge in [0, 0.05) is 24.7 Å². The maximum absolute atomic E-state index is 11.7. The third-order valence-corrected chi connectivity index (χ3v) is 2.49. The van der Waals surface area contributed by atoms with E-state index in [1.807, 2.05) is 6.92 Å². The lowest BCUT2D eigenvalue weighted by Gasteiger charge is -2.20. The first-order valence-electron chi connectivity index (χ1n) is 4.84. The molecule has 0 saturated carbocycles. The van der Waals surface area contributed by atoms with E-state index >= 15 is 0 Å². The molecule has 0 unspecified atom stereocenters. The average Bonchev–Trinajstić information content (AvgIpc) is 2.70. The van der Waals surface area contributed by atoms with Gasteiger partial charge in [0.25, 0.3) is 0 Å². The van der Waals surface area contributed by atoms with Crippen LogP contribution in [0.25, 0.3) is 0 Å². The van der Waals surface area contributed by atoms with Crippen molar-refractivity contribution in [2.45, 2.75) is 13.3 Å². The van der Waals surface area contributed by atoms with Crippen molar-refractivity contribution in [3.63, 3.8) is 0 Å². The van der Waals surface area contributed by atoms with Gasteiger partial charge in [0.1, 0.15) is 0 Å². The van der Waals surface area contributed by atoms with Gasteiger partial charge in [-0.15, -0.1) is 11.3 Å². The number of hydrogen-bond donors (Lipinski definition) is 2. The highest BCUT2D eigenvalue weighted by Gasteiger charge is 2.12. The fraction of sp³-hybridized carbons (Fsp3) is 0.556. The maximum Gasteiger partial charge on any atom is 0.323 e. The van der Waals surface area contributed by atoms with E-state index in [0.717, 1.165) is 6.42 Å². The van der Waals surface area contributed by atoms with E-state index in [1.54, 1.807) is 16.5 Å². The normalized spacial score (nSPS) is 10.0. The van der Waals surface area contributed by atoms with Crippen LogP contribution in [0, 0.1) is 0 Å². The SMILES string of the molecule is CCCN(CCO)C(=O)Nc1nccs1. The van der Waals surface area contributed by atoms with Gasteiger partial charge in [0.05, 0.1) is 6.61 Å². The second-order valence-electron chi connectivity index (χ2n) is 2.98. The quantitative estimate of drug-likeness (QED) is 0.801. The van der Waals surface area contributed by atoms with Gasteiger partial charge in [-0.05, 0) is 6.42 Å². The zero-order valence-electron chi connectivity index (χ0n) is 8.64. The minimum Gasteiger partial charge on any atom is -0.395 e. The number of anilines is 1. The first-order valence-corrected chi connectivity index (χ1v) is 5.72. The minimum atomic E-state index is -0.208. The van der Waals surface area contributed by atoms with Crippen molar-refractivity contribution in [3.8, 4) is 0 Å². The zero-order chi connectivity index (χ0) is 11.1. The van der Waals surface area contributed by atoms with Crippen LogP contribution in [0.15, 0.2) is 11.6 Å². The molecule has 0 fully saturated rings. The lowest BCUT2D eigenvalue weighted by molar-refractivity contribution is 0.188. The van der Waals surface area contributed by atoms with Gasteiger partial charge < -0.3 is 10.0 Å². The monoisotopic (exact) mass is 229 g/mol. The van der Waals surface area contributed by atoms with E-state index in [2.05, 4.69) is 10.3 Å². The summed E-state index contributed by atoms with van der Waals surface area (Å²) in [5.41, 5.74) is 0. The largest absolute Gasteiger partial charge is 0.395 e. The van der Waals surface area contributed by atoms with Gasteiger partial charge in [-0.2, -0.15) is 0 Å². The summed E-state index contributed by atoms with van der Waals surface area (Å²) in [5.74, 6) is 0. The molecule has 0 atom stereocenters. The zero-order valence-corrected chi connectivity index (χ0v) is 9.46. The molecular formula is C9H15N3O2S. The molecule has 2 amide bonds. The first-order chi connectivity index (χ1) is 7.27. The highest BCUT2D eigenvalue weighted by atomic mass is 32.1. The number of hydrogen-bond acceptors (Lipinski definition) is 4. The van der Waals surface area contributed by atoms with Gasteiger partial charge >= 0.3 is 6.03 Å². The molecule has 0 aliphatic heterocycles. The molecule has 0 aliphatic rings. The van der Waals surface area contributed by atoms with Crippen LogP contribution in [-0.4, -0.2) is 40.7 Å². The van der Waals surface area contributed by atoms with E-state index in [1.165, 1.54) is 11.3 Å². The topological polar surface area (TPSA) is 65.5 Å². The second kappa shape index (κ2) is 6.36. The Bertz CT molecular complexity index is 284. The Labute approximate surface area is 92.7 Å². The average molecular weight is 229 g/mol. The van der Waals surface area contributed by atoms with Crippen LogP contribution in [0.2, 0.25) is 0 Å². The summed E-state index contributed by atoms with van der Waals surface area (Å²) in [6.07, 6.45) is 2.50. The molecule has 1 rings (SSSR count). The third-order valence-electron chi connectivity index (χ3n) is 1.80. The second-order valence-corrected chi connectivity index (χ2v) is 3.87. The van der Waals surface area contributed by atoms with Gasteiger partial charge in [-0.1, -0.05) is 6.92 Å². The highest BCUT2D eigenvalue weighted by molar-refractivity contribution is 7.13. The molecule has 15 heavy (non-hydrogen) atoms. The predicted molar refractivity (Wildman–Crippen MR) is 60.1 cm³/mol. The molecule has 0 saturated heterocycles. The van der Waals surface area contributed by atoms with Crippen molar-refractivity contribution in [3.05, 3.63) is 11.6 Å². The Balaban J connectivity index is 2.48. The summed E-state index contributed by atoms with van der Waals surface area (Å²) >= 11 is 1.37. The Morgan fingerprint density at radius 3 is 3.00 bits per heavy atom. The number of aliphatic hydroxyl groups excluding tert-OH is 1. The van der Waals surface area contributed by atoms with E-state index in [9.17, 15) is 4.79 Å². The Hall–Kier alpha value is -1.14. The number of thiazole rings is 1. The van der Waals surface area contributed by atoms with Crippen LogP contribution in [0.5, 0.6) is 0 Å². The van der Waals surface area contributed by atoms with Crippen molar-refractivity contribution in [2.24, 2.45) is 0 Å². The molecule has 0 aromatic carbocycles. The molecule has 2 N–H and O–H groups in total. The molecule has 0 aliphatic carbocycles. The lowest BCUT2D eigenvalue weighted by Crippen LogP contribution is -2.37. The number of aliphatic hydroxyl groups is 1. The van der Waals surface area contributed by atoms with Crippen LogP contribution in [-0.2, 0) is 0 Å². The number of carbonyl (C=O) groups is 1. The Morgan fingerprint density at radius 2 is 2.47 bits per heavy atom. The van der Waals surface area contributed by atoms with Crippen molar-refractivity contribution in [1.82, 2.24) is 9.88 Å². The summed E-state index contributed by atoms with van der Waals surface area (Å²) in [7, 11) is 0. The fourth-order valence-electron chi connectivity index (χ4n) is 1.16. The molecule has 1 heterocycles. The number of amides is 2. The standard InChI is InChI=1S/C9H15N3O2S/c1-2-4-12(5-6-13)9(14)11-8-10-3-7-15-8/h3,7,13H,2,4-6H2,1H3,(H,10,11,14). The van der Waals surface area contributed by atoms with Gasteiger partial charge in [-0.3, -0.25) is 5.32 Å². The predicted octanol–water partition coefficient (Wildman–Crippen LogP) is 1.38. The number of aromatic nitrogens is 1. The van der Waals surface area contributed by atoms with E-state index < -0.39 is 0 Å². The number of carbonyl (C=O) groups excluding carboxylic acids is 1. The summed E-state index contributed by atoms with van der Waals surface area (Å²) in [5, 5.41) is 13.9. The van der Waals surface area contributed by atoms with E-state index in [-0.39, 0.29) is 12.6 Å². The lowest BCUT2D eigenvalue weighted by atomic mass is 10.4. The first kappa shape index (κ1) is 11.9. The van der Waals surface area contributed by atoms with E-state index in [0.29, 0.717) is 18.2 Å². The van der Waals surface area contributed by atoms with Gasteiger partial charge in [-0.25, -0.2) is 9.78 Å². The van der Waals surface area contributed by atoms with Crippen molar-refractivity contribution >= 4 is 22.5 Å². The van der Waals surface area contributed by atoms with E-state index in [4.69, 9.17) is 5.11 Å². The van der Waals surface area contributed by atoms with Gasteiger partial charge in [0.2, 0.25) is 0 Å². The minimum absolute atomic E-state index is 0.0225. The molecule has 1 aromatic heterocycles. The highest BCUT2D eigenvalue weighted by Crippen LogP contribution is 2.11. The summed E-state index contributed by atoms with van der Waals surface area (Å²) in [6.45, 7) is 2.95. The molecule has 84 valence electrons. The van der Waals surface area contributed by atoms with Crippen molar-refractivity contribution in [1.29, 1.82) is 0 Å². The maximum atomic E-state index is 11.7. The number of nitrogens with one attached hydrogen (secondary N) is 1. The summed E-state index contributed by atoms with van der Waals surface area (Å²) < 4.78 is 0. The van der Waals surface area contributed by atoms with Crippen LogP contribution >= 0.6 is 11.3 Å². The Morgan fingerprint density at radius 1 is 1.67 bits per heavy atom. The van der Waals surface area contributed by atoms with Crippen LogP contribution in [0.4, 0.5) is 9.93 Å². The number of urea groups is 1. The fourth-order valence-corrected chi connectivity index (χ4v) is 1.68. The molecule has 0 spiro atoms. The van der Waals surface area contributed by atoms with Crippen molar-refractivity contribution < 1.29 is 9.90 Å². The number of rotatable bonds is 5. The summed E-state index contributed by atoms with van der Waals surface area (Å²) in [6, 6.07) is -0.208. The van der Waals surface area contributed by atoms with Crippen LogP contribution in [0.1, 0.15) is 13.3 Å². The molecule has 6 heteroatoms. The smallest absolute Gasteiger partial charge is 0.323 e.